The summed E-state index contributed by atoms with van der Waals surface area (Å²) in [6, 6.07) is 17.5. The van der Waals surface area contributed by atoms with Crippen LogP contribution in [0.1, 0.15) is 28.7 Å². The van der Waals surface area contributed by atoms with Crippen molar-refractivity contribution in [2.75, 3.05) is 26.2 Å². The predicted molar refractivity (Wildman–Crippen MR) is 121 cm³/mol. The van der Waals surface area contributed by atoms with E-state index in [1.54, 1.807) is 6.20 Å². The monoisotopic (exact) mass is 404 g/mol. The first-order chi connectivity index (χ1) is 14.6. The molecule has 5 heteroatoms. The third-order valence-corrected chi connectivity index (χ3v) is 6.27. The number of aromatic nitrogens is 2. The zero-order valence-corrected chi connectivity index (χ0v) is 18.0. The summed E-state index contributed by atoms with van der Waals surface area (Å²) in [7, 11) is 0. The van der Waals surface area contributed by atoms with Gasteiger partial charge in [0.05, 0.1) is 5.69 Å². The number of aliphatic hydroxyl groups excluding tert-OH is 1. The number of aliphatic hydroxyl groups is 1. The van der Waals surface area contributed by atoms with Crippen molar-refractivity contribution in [1.82, 2.24) is 19.6 Å². The van der Waals surface area contributed by atoms with Crippen molar-refractivity contribution < 1.29 is 5.11 Å². The summed E-state index contributed by atoms with van der Waals surface area (Å²) in [5.41, 5.74) is 6.49. The summed E-state index contributed by atoms with van der Waals surface area (Å²) in [6.07, 6.45) is 4.60. The molecule has 0 spiro atoms. The van der Waals surface area contributed by atoms with Crippen LogP contribution in [-0.2, 0) is 13.1 Å². The van der Waals surface area contributed by atoms with Crippen molar-refractivity contribution in [1.29, 1.82) is 0 Å². The summed E-state index contributed by atoms with van der Waals surface area (Å²) in [5.74, 6) is 0. The molecule has 0 radical (unpaired) electrons. The average molecular weight is 405 g/mol. The molecule has 1 fully saturated rings. The maximum absolute atomic E-state index is 9.64. The van der Waals surface area contributed by atoms with E-state index in [4.69, 9.17) is 0 Å². The van der Waals surface area contributed by atoms with Gasteiger partial charge in [-0.2, -0.15) is 5.10 Å². The zero-order chi connectivity index (χ0) is 20.9. The molecule has 1 unspecified atom stereocenters. The third kappa shape index (κ3) is 4.81. The number of benzene rings is 2. The molecule has 1 aliphatic heterocycles. The zero-order valence-electron chi connectivity index (χ0n) is 18.0. The Morgan fingerprint density at radius 2 is 1.80 bits per heavy atom. The van der Waals surface area contributed by atoms with Crippen molar-refractivity contribution >= 4 is 0 Å². The smallest absolute Gasteiger partial charge is 0.0648 e. The number of piperazine rings is 1. The topological polar surface area (TPSA) is 44.5 Å². The van der Waals surface area contributed by atoms with Gasteiger partial charge in [0.1, 0.15) is 0 Å². The van der Waals surface area contributed by atoms with Crippen molar-refractivity contribution in [2.45, 2.75) is 39.4 Å². The van der Waals surface area contributed by atoms with Crippen LogP contribution in [0.15, 0.2) is 60.9 Å². The number of rotatable bonds is 7. The lowest BCUT2D eigenvalue weighted by Gasteiger charge is -2.42. The van der Waals surface area contributed by atoms with Crippen molar-refractivity contribution in [2.24, 2.45) is 0 Å². The van der Waals surface area contributed by atoms with Crippen molar-refractivity contribution in [3.05, 3.63) is 83.2 Å². The third-order valence-electron chi connectivity index (χ3n) is 6.27. The SMILES string of the molecule is Cc1cc(-n2cccn2)ccc1CN1CCN(Cc2ccccc2C)C(CCO)C1. The van der Waals surface area contributed by atoms with Crippen LogP contribution in [0.2, 0.25) is 0 Å². The van der Waals surface area contributed by atoms with Gasteiger partial charge in [0.2, 0.25) is 0 Å². The Kier molecular flexibility index (Phi) is 6.62. The van der Waals surface area contributed by atoms with Crippen LogP contribution in [-0.4, -0.2) is 57.0 Å². The highest BCUT2D eigenvalue weighted by Crippen LogP contribution is 2.22. The Balaban J connectivity index is 1.42. The molecule has 1 saturated heterocycles. The van der Waals surface area contributed by atoms with Crippen LogP contribution in [0.5, 0.6) is 0 Å². The first-order valence-electron chi connectivity index (χ1n) is 10.9. The van der Waals surface area contributed by atoms with E-state index in [2.05, 4.69) is 71.2 Å². The lowest BCUT2D eigenvalue weighted by atomic mass is 10.0. The first-order valence-corrected chi connectivity index (χ1v) is 10.9. The van der Waals surface area contributed by atoms with E-state index >= 15 is 0 Å². The molecule has 5 nitrogen and oxygen atoms in total. The molecule has 0 amide bonds. The van der Waals surface area contributed by atoms with E-state index < -0.39 is 0 Å². The van der Waals surface area contributed by atoms with E-state index in [0.29, 0.717) is 6.04 Å². The second-order valence-electron chi connectivity index (χ2n) is 8.36. The van der Waals surface area contributed by atoms with Gasteiger partial charge >= 0.3 is 0 Å². The van der Waals surface area contributed by atoms with Gasteiger partial charge in [-0.25, -0.2) is 4.68 Å². The van der Waals surface area contributed by atoms with E-state index in [1.165, 1.54) is 22.3 Å². The molecule has 1 N–H and O–H groups in total. The molecule has 1 aromatic heterocycles. The van der Waals surface area contributed by atoms with Crippen molar-refractivity contribution in [3.63, 3.8) is 0 Å². The van der Waals surface area contributed by atoms with Crippen LogP contribution in [0, 0.1) is 13.8 Å². The molecule has 2 aromatic carbocycles. The molecular formula is C25H32N4O. The molecule has 1 aliphatic rings. The Morgan fingerprint density at radius 1 is 0.967 bits per heavy atom. The summed E-state index contributed by atoms with van der Waals surface area (Å²) in [6.45, 7) is 9.59. The quantitative estimate of drug-likeness (QED) is 0.654. The summed E-state index contributed by atoms with van der Waals surface area (Å²) in [5, 5.41) is 14.0. The fourth-order valence-corrected chi connectivity index (χ4v) is 4.40. The minimum absolute atomic E-state index is 0.236. The molecule has 3 aromatic rings. The molecule has 4 rings (SSSR count). The first kappa shape index (κ1) is 20.8. The molecular weight excluding hydrogens is 372 g/mol. The largest absolute Gasteiger partial charge is 0.396 e. The fourth-order valence-electron chi connectivity index (χ4n) is 4.40. The molecule has 0 bridgehead atoms. The van der Waals surface area contributed by atoms with E-state index in [-0.39, 0.29) is 6.61 Å². The Bertz CT molecular complexity index is 954. The highest BCUT2D eigenvalue weighted by molar-refractivity contribution is 5.39. The molecule has 0 saturated carbocycles. The molecule has 158 valence electrons. The number of nitrogens with zero attached hydrogens (tertiary/aromatic N) is 4. The van der Waals surface area contributed by atoms with E-state index in [1.807, 2.05) is 16.9 Å². The molecule has 1 atom stereocenters. The second kappa shape index (κ2) is 9.56. The van der Waals surface area contributed by atoms with Gasteiger partial charge in [-0.05, 0) is 60.7 Å². The summed E-state index contributed by atoms with van der Waals surface area (Å²) >= 11 is 0. The highest BCUT2D eigenvalue weighted by atomic mass is 16.3. The van der Waals surface area contributed by atoms with Crippen LogP contribution in [0.25, 0.3) is 5.69 Å². The van der Waals surface area contributed by atoms with Crippen LogP contribution < -0.4 is 0 Å². The van der Waals surface area contributed by atoms with Gasteiger partial charge in [-0.1, -0.05) is 30.3 Å². The number of hydrogen-bond acceptors (Lipinski definition) is 4. The predicted octanol–water partition coefficient (Wildman–Crippen LogP) is 3.56. The molecule has 30 heavy (non-hydrogen) atoms. The highest BCUT2D eigenvalue weighted by Gasteiger charge is 2.27. The molecule has 0 aliphatic carbocycles. The standard InChI is InChI=1S/C25H32N4O/c1-20-6-3-4-7-22(20)18-28-14-13-27(19-25(28)10-15-30)17-23-8-9-24(16-21(23)2)29-12-5-11-26-29/h3-9,11-12,16,25,30H,10,13-15,17-19H2,1-2H3. The maximum Gasteiger partial charge on any atom is 0.0648 e. The minimum atomic E-state index is 0.236. The Hall–Kier alpha value is -2.47. The van der Waals surface area contributed by atoms with Crippen LogP contribution >= 0.6 is 0 Å². The number of hydrogen-bond donors (Lipinski definition) is 1. The van der Waals surface area contributed by atoms with Crippen LogP contribution in [0.3, 0.4) is 0 Å². The van der Waals surface area contributed by atoms with Gasteiger partial charge in [0.15, 0.2) is 0 Å². The van der Waals surface area contributed by atoms with Gasteiger partial charge < -0.3 is 5.11 Å². The average Bonchev–Trinajstić information content (AvgIpc) is 3.28. The van der Waals surface area contributed by atoms with Gasteiger partial charge in [-0.3, -0.25) is 9.80 Å². The summed E-state index contributed by atoms with van der Waals surface area (Å²) < 4.78 is 1.90. The number of aryl methyl sites for hydroxylation is 2. The second-order valence-corrected chi connectivity index (χ2v) is 8.36. The minimum Gasteiger partial charge on any atom is -0.396 e. The lowest BCUT2D eigenvalue weighted by Crippen LogP contribution is -2.52. The van der Waals surface area contributed by atoms with E-state index in [9.17, 15) is 5.11 Å². The Labute approximate surface area is 179 Å². The van der Waals surface area contributed by atoms with Crippen molar-refractivity contribution in [3.8, 4) is 5.69 Å². The lowest BCUT2D eigenvalue weighted by molar-refractivity contribution is 0.0498. The molecule has 2 heterocycles. The van der Waals surface area contributed by atoms with Gasteiger partial charge in [0.25, 0.3) is 0 Å². The Morgan fingerprint density at radius 3 is 2.53 bits per heavy atom. The fraction of sp³-hybridized carbons (Fsp3) is 0.400. The summed E-state index contributed by atoms with van der Waals surface area (Å²) in [4.78, 5) is 5.08. The van der Waals surface area contributed by atoms with Crippen LogP contribution in [0.4, 0.5) is 0 Å². The van der Waals surface area contributed by atoms with Gasteiger partial charge in [0, 0.05) is 57.8 Å². The van der Waals surface area contributed by atoms with Gasteiger partial charge in [-0.15, -0.1) is 0 Å². The maximum atomic E-state index is 9.64. The normalized spacial score (nSPS) is 18.0. The van der Waals surface area contributed by atoms with E-state index in [0.717, 1.165) is 44.8 Å².